The quantitative estimate of drug-likeness (QED) is 0.428. The summed E-state index contributed by atoms with van der Waals surface area (Å²) in [4.78, 5) is 11.3. The van der Waals surface area contributed by atoms with E-state index in [1.807, 2.05) is 10.3 Å². The molecule has 0 bridgehead atoms. The van der Waals surface area contributed by atoms with E-state index in [0.717, 1.165) is 10.0 Å². The molecule has 2 aromatic heterocycles. The number of amidine groups is 1. The van der Waals surface area contributed by atoms with Gasteiger partial charge in [-0.15, -0.1) is 11.3 Å². The molecule has 4 heterocycles. The van der Waals surface area contributed by atoms with Gasteiger partial charge in [-0.25, -0.2) is 18.8 Å². The highest BCUT2D eigenvalue weighted by Crippen LogP contribution is 2.47. The maximum atomic E-state index is 13.9. The van der Waals surface area contributed by atoms with E-state index in [1.165, 1.54) is 56.0 Å². The van der Waals surface area contributed by atoms with Crippen molar-refractivity contribution in [2.24, 2.45) is 10.9 Å². The molecule has 1 unspecified atom stereocenters. The first kappa shape index (κ1) is 26.8. The first-order valence-electron chi connectivity index (χ1n) is 11.5. The Morgan fingerprint density at radius 1 is 1.32 bits per heavy atom. The van der Waals surface area contributed by atoms with Gasteiger partial charge in [0.1, 0.15) is 11.9 Å². The summed E-state index contributed by atoms with van der Waals surface area (Å²) < 4.78 is 69.7. The van der Waals surface area contributed by atoms with Crippen molar-refractivity contribution in [1.82, 2.24) is 28.7 Å². The molecule has 9 nitrogen and oxygen atoms in total. The smallest absolute Gasteiger partial charge is 0.327 e. The number of nitrogens with zero attached hydrogens (tertiary/aromatic N) is 6. The summed E-state index contributed by atoms with van der Waals surface area (Å²) in [6.45, 7) is -2.27. The average molecular weight is 586 g/mol. The Labute approximate surface area is 226 Å². The van der Waals surface area contributed by atoms with Gasteiger partial charge in [0.15, 0.2) is 10.8 Å². The number of nitrogens with one attached hydrogen (secondary N) is 1. The molecule has 2 atom stereocenters. The second kappa shape index (κ2) is 10.4. The Morgan fingerprint density at radius 3 is 2.74 bits per heavy atom. The van der Waals surface area contributed by atoms with Crippen LogP contribution < -0.4 is 4.72 Å². The maximum absolute atomic E-state index is 13.9. The zero-order valence-corrected chi connectivity index (χ0v) is 22.6. The molecule has 2 aliphatic rings. The fourth-order valence-corrected chi connectivity index (χ4v) is 6.17. The SMILES string of the molecule is CN(C)S(=O)(=O)NCC1CC2=C(c3cnn(C(F)F)c3)[C@H](c3ccc(F)cc3Cl)N=C(c3nccs3)N2C1. The van der Waals surface area contributed by atoms with E-state index in [4.69, 9.17) is 16.6 Å². The van der Waals surface area contributed by atoms with Crippen molar-refractivity contribution >= 4 is 44.6 Å². The third kappa shape index (κ3) is 5.10. The van der Waals surface area contributed by atoms with E-state index < -0.39 is 28.6 Å². The van der Waals surface area contributed by atoms with Crippen LogP contribution in [0.15, 0.2) is 52.9 Å². The van der Waals surface area contributed by atoms with Crippen molar-refractivity contribution in [2.75, 3.05) is 27.2 Å². The molecule has 38 heavy (non-hydrogen) atoms. The van der Waals surface area contributed by atoms with Gasteiger partial charge in [0.05, 0.1) is 6.20 Å². The molecule has 15 heteroatoms. The molecular formula is C23H23ClF3N7O2S2. The molecule has 0 saturated carbocycles. The highest BCUT2D eigenvalue weighted by Gasteiger charge is 2.40. The van der Waals surface area contributed by atoms with Crippen molar-refractivity contribution < 1.29 is 21.6 Å². The van der Waals surface area contributed by atoms with Crippen LogP contribution in [0.3, 0.4) is 0 Å². The van der Waals surface area contributed by atoms with Gasteiger partial charge in [-0.3, -0.25) is 4.99 Å². The molecule has 2 aliphatic heterocycles. The third-order valence-electron chi connectivity index (χ3n) is 6.37. The molecule has 0 aliphatic carbocycles. The van der Waals surface area contributed by atoms with Gasteiger partial charge in [-0.1, -0.05) is 17.7 Å². The second-order valence-electron chi connectivity index (χ2n) is 9.02. The molecule has 0 radical (unpaired) electrons. The van der Waals surface area contributed by atoms with Crippen molar-refractivity contribution in [1.29, 1.82) is 0 Å². The standard InChI is InChI=1S/C23H23ClF3N7O2S2/c1-32(2)38(35,36)30-9-13-7-18-19(14-10-29-34(12-14)23(26)27)20(16-4-3-15(25)8-17(16)24)31-21(33(18)11-13)22-28-5-6-37-22/h3-6,8,10,12-13,20,23,30H,7,9,11H2,1-2H3/t13?,20-/m0/s1. The van der Waals surface area contributed by atoms with Crippen LogP contribution in [-0.4, -0.2) is 65.4 Å². The van der Waals surface area contributed by atoms with Crippen LogP contribution in [0, 0.1) is 11.7 Å². The van der Waals surface area contributed by atoms with Crippen molar-refractivity contribution in [3.8, 4) is 0 Å². The molecule has 202 valence electrons. The number of aliphatic imine (C=N–C) groups is 1. The predicted octanol–water partition coefficient (Wildman–Crippen LogP) is 4.16. The third-order valence-corrected chi connectivity index (χ3v) is 8.96. The van der Waals surface area contributed by atoms with Gasteiger partial charge in [-0.2, -0.15) is 26.6 Å². The van der Waals surface area contributed by atoms with Crippen molar-refractivity contribution in [3.63, 3.8) is 0 Å². The molecule has 3 aromatic rings. The monoisotopic (exact) mass is 585 g/mol. The Hall–Kier alpha value is -2.78. The van der Waals surface area contributed by atoms with Gasteiger partial charge in [0.2, 0.25) is 0 Å². The Morgan fingerprint density at radius 2 is 2.11 bits per heavy atom. The molecule has 1 fully saturated rings. The van der Waals surface area contributed by atoms with Crippen molar-refractivity contribution in [2.45, 2.75) is 19.0 Å². The topological polar surface area (TPSA) is 95.7 Å². The van der Waals surface area contributed by atoms with E-state index in [0.29, 0.717) is 45.2 Å². The zero-order valence-electron chi connectivity index (χ0n) is 20.2. The number of alkyl halides is 2. The number of rotatable bonds is 8. The first-order chi connectivity index (χ1) is 18.0. The van der Waals surface area contributed by atoms with E-state index in [1.54, 1.807) is 6.20 Å². The zero-order chi connectivity index (χ0) is 27.2. The number of halogens is 4. The summed E-state index contributed by atoms with van der Waals surface area (Å²) in [5.41, 5.74) is 2.25. The normalized spacial score (nSPS) is 20.0. The number of fused-ring (bicyclic) bond motifs is 1. The molecule has 1 saturated heterocycles. The Bertz CT molecular complexity index is 1510. The predicted molar refractivity (Wildman–Crippen MR) is 139 cm³/mol. The van der Waals surface area contributed by atoms with Crippen LogP contribution in [0.5, 0.6) is 0 Å². The second-order valence-corrected chi connectivity index (χ2v) is 12.3. The van der Waals surface area contributed by atoms with Crippen LogP contribution in [-0.2, 0) is 10.2 Å². The minimum absolute atomic E-state index is 0.137. The lowest BCUT2D eigenvalue weighted by atomic mass is 9.90. The fourth-order valence-electron chi connectivity index (χ4n) is 4.55. The largest absolute Gasteiger partial charge is 0.333 e. The van der Waals surface area contributed by atoms with E-state index in [9.17, 15) is 21.6 Å². The highest BCUT2D eigenvalue weighted by molar-refractivity contribution is 7.87. The number of benzene rings is 1. The molecule has 1 aromatic carbocycles. The fraction of sp³-hybridized carbons (Fsp3) is 0.348. The minimum atomic E-state index is -3.65. The molecule has 5 rings (SSSR count). The number of hydrogen-bond acceptors (Lipinski definition) is 7. The lowest BCUT2D eigenvalue weighted by Gasteiger charge is -2.32. The van der Waals surface area contributed by atoms with E-state index in [2.05, 4.69) is 14.8 Å². The summed E-state index contributed by atoms with van der Waals surface area (Å²) in [7, 11) is -0.779. The molecule has 0 spiro atoms. The van der Waals surface area contributed by atoms with Crippen LogP contribution in [0.1, 0.15) is 35.1 Å². The highest BCUT2D eigenvalue weighted by atomic mass is 35.5. The van der Waals surface area contributed by atoms with Crippen LogP contribution in [0.4, 0.5) is 13.2 Å². The van der Waals surface area contributed by atoms with Gasteiger partial charge in [0.25, 0.3) is 10.2 Å². The number of aromatic nitrogens is 3. The Balaban J connectivity index is 1.64. The minimum Gasteiger partial charge on any atom is -0.327 e. The lowest BCUT2D eigenvalue weighted by Crippen LogP contribution is -2.39. The summed E-state index contributed by atoms with van der Waals surface area (Å²) in [6.07, 6.45) is 4.64. The number of hydrogen-bond donors (Lipinski definition) is 1. The first-order valence-corrected chi connectivity index (χ1v) is 14.2. The molecule has 0 amide bonds. The molecular weight excluding hydrogens is 563 g/mol. The Kier molecular flexibility index (Phi) is 7.35. The van der Waals surface area contributed by atoms with Gasteiger partial charge < -0.3 is 4.90 Å². The summed E-state index contributed by atoms with van der Waals surface area (Å²) in [6, 6.07) is 3.21. The summed E-state index contributed by atoms with van der Waals surface area (Å²) in [5, 5.41) is 6.38. The van der Waals surface area contributed by atoms with E-state index in [-0.39, 0.29) is 17.5 Å². The average Bonchev–Trinajstić information content (AvgIpc) is 3.63. The van der Waals surface area contributed by atoms with Gasteiger partial charge >= 0.3 is 6.55 Å². The number of thiazole rings is 1. The van der Waals surface area contributed by atoms with Crippen LogP contribution in [0.2, 0.25) is 5.02 Å². The van der Waals surface area contributed by atoms with Crippen LogP contribution in [0.25, 0.3) is 5.57 Å². The summed E-state index contributed by atoms with van der Waals surface area (Å²) in [5.74, 6) is -0.134. The van der Waals surface area contributed by atoms with Crippen LogP contribution >= 0.6 is 22.9 Å². The maximum Gasteiger partial charge on any atom is 0.333 e. The van der Waals surface area contributed by atoms with Gasteiger partial charge in [0, 0.05) is 66.8 Å². The van der Waals surface area contributed by atoms with Gasteiger partial charge in [-0.05, 0) is 30.0 Å². The summed E-state index contributed by atoms with van der Waals surface area (Å²) >= 11 is 7.84. The lowest BCUT2D eigenvalue weighted by molar-refractivity contribution is 0.0566. The van der Waals surface area contributed by atoms with Crippen molar-refractivity contribution in [3.05, 3.63) is 74.8 Å². The molecule has 1 N–H and O–H groups in total. The van der Waals surface area contributed by atoms with E-state index >= 15 is 0 Å². The number of allylic oxidation sites excluding steroid dienone is 1.